The molecule has 35 heavy (non-hydrogen) atoms. The summed E-state index contributed by atoms with van der Waals surface area (Å²) in [4.78, 5) is 39.4. The molecule has 5 rings (SSSR count). The van der Waals surface area contributed by atoms with E-state index >= 15 is 0 Å². The van der Waals surface area contributed by atoms with Crippen LogP contribution >= 0.6 is 0 Å². The van der Waals surface area contributed by atoms with Crippen LogP contribution < -0.4 is 5.32 Å². The van der Waals surface area contributed by atoms with Crippen molar-refractivity contribution < 1.29 is 24.2 Å². The number of carbonyl (C=O) groups is 3. The number of carboxylic acids is 1. The zero-order chi connectivity index (χ0) is 24.7. The minimum absolute atomic E-state index is 0.0139. The molecule has 2 N–H and O–H groups in total. The summed E-state index contributed by atoms with van der Waals surface area (Å²) in [5.74, 6) is -1.14. The lowest BCUT2D eigenvalue weighted by Gasteiger charge is -2.35. The Kier molecular flexibility index (Phi) is 6.03. The third-order valence-corrected chi connectivity index (χ3v) is 8.01. The highest BCUT2D eigenvalue weighted by Gasteiger charge is 2.66. The maximum Gasteiger partial charge on any atom is 0.407 e. The number of aliphatic carboxylic acids is 1. The van der Waals surface area contributed by atoms with E-state index in [1.807, 2.05) is 38.1 Å². The van der Waals surface area contributed by atoms with Crippen LogP contribution in [0.3, 0.4) is 0 Å². The van der Waals surface area contributed by atoms with E-state index in [1.165, 1.54) is 4.90 Å². The van der Waals surface area contributed by atoms with Crippen molar-refractivity contribution in [1.82, 2.24) is 10.2 Å². The molecule has 0 radical (unpaired) electrons. The third-order valence-electron chi connectivity index (χ3n) is 8.01. The van der Waals surface area contributed by atoms with Crippen molar-refractivity contribution in [3.05, 3.63) is 59.7 Å². The Labute approximate surface area is 205 Å². The average Bonchev–Trinajstić information content (AvgIpc) is 3.53. The third kappa shape index (κ3) is 4.07. The molecule has 7 heteroatoms. The highest BCUT2D eigenvalue weighted by Crippen LogP contribution is 2.54. The fraction of sp³-hybridized carbons (Fsp3) is 0.464. The fourth-order valence-electron chi connectivity index (χ4n) is 5.95. The topological polar surface area (TPSA) is 95.9 Å². The van der Waals surface area contributed by atoms with Gasteiger partial charge in [0.2, 0.25) is 5.91 Å². The number of ether oxygens (including phenoxy) is 1. The van der Waals surface area contributed by atoms with E-state index in [1.54, 1.807) is 0 Å². The van der Waals surface area contributed by atoms with Gasteiger partial charge in [-0.1, -0.05) is 62.4 Å². The summed E-state index contributed by atoms with van der Waals surface area (Å²) in [7, 11) is 0. The maximum absolute atomic E-state index is 13.2. The lowest BCUT2D eigenvalue weighted by atomic mass is 9.97. The molecular weight excluding hydrogens is 444 g/mol. The van der Waals surface area contributed by atoms with E-state index in [-0.39, 0.29) is 36.7 Å². The molecule has 0 bridgehead atoms. The summed E-state index contributed by atoms with van der Waals surface area (Å²) in [6.45, 7) is 4.53. The van der Waals surface area contributed by atoms with Gasteiger partial charge in [0.25, 0.3) is 0 Å². The number of rotatable bonds is 7. The fourth-order valence-corrected chi connectivity index (χ4v) is 5.95. The first kappa shape index (κ1) is 23.4. The Morgan fingerprint density at radius 3 is 2.31 bits per heavy atom. The molecule has 1 heterocycles. The summed E-state index contributed by atoms with van der Waals surface area (Å²) in [6.07, 6.45) is 1.69. The van der Waals surface area contributed by atoms with E-state index in [2.05, 4.69) is 29.6 Å². The van der Waals surface area contributed by atoms with Crippen molar-refractivity contribution in [2.75, 3.05) is 13.2 Å². The monoisotopic (exact) mass is 476 g/mol. The standard InChI is InChI=1S/C28H32N2O5/c1-17(2)24(14-25(31)30-13-7-8-18-15-28(18,30)26(32)33)29-27(34)35-16-23-21-11-5-3-9-19(21)20-10-4-6-12-22(20)23/h3-6,9-12,17-18,23-24H,7-8,13-16H2,1-2H3,(H,29,34)(H,32,33)/t18-,24?,28+/m1/s1. The highest BCUT2D eigenvalue weighted by molar-refractivity contribution is 5.91. The first-order valence-corrected chi connectivity index (χ1v) is 12.5. The van der Waals surface area contributed by atoms with Crippen LogP contribution in [-0.2, 0) is 14.3 Å². The number of fused-ring (bicyclic) bond motifs is 4. The van der Waals surface area contributed by atoms with Crippen LogP contribution in [-0.4, -0.2) is 52.7 Å². The van der Waals surface area contributed by atoms with Crippen LogP contribution in [0.4, 0.5) is 4.79 Å². The van der Waals surface area contributed by atoms with Gasteiger partial charge < -0.3 is 20.1 Å². The molecule has 0 aromatic heterocycles. The Morgan fingerprint density at radius 2 is 1.71 bits per heavy atom. The van der Waals surface area contributed by atoms with Gasteiger partial charge in [-0.3, -0.25) is 4.79 Å². The number of likely N-dealkylation sites (tertiary alicyclic amines) is 1. The second-order valence-corrected chi connectivity index (χ2v) is 10.3. The molecule has 2 fully saturated rings. The summed E-state index contributed by atoms with van der Waals surface area (Å²) >= 11 is 0. The van der Waals surface area contributed by atoms with Gasteiger partial charge in [-0.15, -0.1) is 0 Å². The van der Waals surface area contributed by atoms with Crippen LogP contribution in [0.1, 0.15) is 56.6 Å². The van der Waals surface area contributed by atoms with Crippen molar-refractivity contribution in [3.8, 4) is 11.1 Å². The summed E-state index contributed by atoms with van der Waals surface area (Å²) in [6, 6.07) is 15.9. The molecule has 3 aliphatic rings. The van der Waals surface area contributed by atoms with Gasteiger partial charge >= 0.3 is 12.1 Å². The van der Waals surface area contributed by atoms with E-state index in [9.17, 15) is 19.5 Å². The number of carbonyl (C=O) groups excluding carboxylic acids is 2. The van der Waals surface area contributed by atoms with Crippen molar-refractivity contribution in [2.24, 2.45) is 11.8 Å². The minimum atomic E-state index is -1.04. The summed E-state index contributed by atoms with van der Waals surface area (Å²) in [5.41, 5.74) is 3.56. The largest absolute Gasteiger partial charge is 0.479 e. The number of hydrogen-bond donors (Lipinski definition) is 2. The molecular formula is C28H32N2O5. The van der Waals surface area contributed by atoms with Gasteiger partial charge in [0.1, 0.15) is 12.1 Å². The van der Waals surface area contributed by atoms with E-state index in [0.29, 0.717) is 13.0 Å². The van der Waals surface area contributed by atoms with Gasteiger partial charge in [-0.25, -0.2) is 9.59 Å². The molecule has 1 unspecified atom stereocenters. The van der Waals surface area contributed by atoms with Gasteiger partial charge in [0, 0.05) is 24.9 Å². The van der Waals surface area contributed by atoms with Crippen molar-refractivity contribution in [1.29, 1.82) is 0 Å². The lowest BCUT2D eigenvalue weighted by molar-refractivity contribution is -0.154. The van der Waals surface area contributed by atoms with E-state index in [4.69, 9.17) is 4.74 Å². The Hall–Kier alpha value is -3.35. The van der Waals surface area contributed by atoms with Crippen molar-refractivity contribution in [3.63, 3.8) is 0 Å². The van der Waals surface area contributed by atoms with E-state index in [0.717, 1.165) is 35.1 Å². The van der Waals surface area contributed by atoms with Gasteiger partial charge in [-0.05, 0) is 53.4 Å². The van der Waals surface area contributed by atoms with Crippen LogP contribution in [0.2, 0.25) is 0 Å². The molecule has 2 amide bonds. The Bertz CT molecular complexity index is 1120. The molecule has 1 saturated heterocycles. The normalized spacial score (nSPS) is 23.2. The number of amides is 2. The Morgan fingerprint density at radius 1 is 1.09 bits per heavy atom. The molecule has 2 aromatic rings. The number of hydrogen-bond acceptors (Lipinski definition) is 4. The molecule has 2 aliphatic carbocycles. The molecule has 3 atom stereocenters. The number of carboxylic acid groups (broad SMARTS) is 1. The molecule has 0 spiro atoms. The number of piperidine rings is 1. The van der Waals surface area contributed by atoms with Gasteiger partial charge in [0.05, 0.1) is 0 Å². The summed E-state index contributed by atoms with van der Waals surface area (Å²) in [5, 5.41) is 12.6. The number of nitrogens with zero attached hydrogens (tertiary/aromatic N) is 1. The SMILES string of the molecule is CC(C)C(CC(=O)N1CCC[C@@H]2C[C@@]21C(=O)O)NC(=O)OCC1c2ccccc2-c2ccccc21. The Balaban J connectivity index is 1.23. The molecule has 2 aromatic carbocycles. The van der Waals surface area contributed by atoms with Crippen LogP contribution in [0, 0.1) is 11.8 Å². The average molecular weight is 477 g/mol. The lowest BCUT2D eigenvalue weighted by Crippen LogP contribution is -2.53. The first-order valence-electron chi connectivity index (χ1n) is 12.5. The van der Waals surface area contributed by atoms with Crippen LogP contribution in [0.15, 0.2) is 48.5 Å². The maximum atomic E-state index is 13.2. The highest BCUT2D eigenvalue weighted by atomic mass is 16.5. The molecule has 7 nitrogen and oxygen atoms in total. The molecule has 1 saturated carbocycles. The number of nitrogens with one attached hydrogen (secondary N) is 1. The summed E-state index contributed by atoms with van der Waals surface area (Å²) < 4.78 is 5.67. The predicted octanol–water partition coefficient (Wildman–Crippen LogP) is 4.41. The van der Waals surface area contributed by atoms with Crippen molar-refractivity contribution >= 4 is 18.0 Å². The second-order valence-electron chi connectivity index (χ2n) is 10.3. The quantitative estimate of drug-likeness (QED) is 0.617. The number of benzene rings is 2. The zero-order valence-electron chi connectivity index (χ0n) is 20.2. The van der Waals surface area contributed by atoms with E-state index < -0.39 is 23.6 Å². The second kappa shape index (κ2) is 9.02. The number of alkyl carbamates (subject to hydrolysis) is 1. The van der Waals surface area contributed by atoms with Crippen LogP contribution in [0.5, 0.6) is 0 Å². The molecule has 184 valence electrons. The van der Waals surface area contributed by atoms with Gasteiger partial charge in [-0.2, -0.15) is 0 Å². The van der Waals surface area contributed by atoms with Crippen LogP contribution in [0.25, 0.3) is 11.1 Å². The van der Waals surface area contributed by atoms with Gasteiger partial charge in [0.15, 0.2) is 0 Å². The predicted molar refractivity (Wildman–Crippen MR) is 131 cm³/mol. The molecule has 1 aliphatic heterocycles. The smallest absolute Gasteiger partial charge is 0.407 e. The zero-order valence-corrected chi connectivity index (χ0v) is 20.2. The van der Waals surface area contributed by atoms with Crippen molar-refractivity contribution in [2.45, 2.75) is 57.0 Å². The minimum Gasteiger partial charge on any atom is -0.479 e. The first-order chi connectivity index (χ1) is 16.8.